The maximum absolute atomic E-state index is 13.0. The van der Waals surface area contributed by atoms with E-state index in [0.717, 1.165) is 16.1 Å². The molecular weight excluding hydrogens is 398 g/mol. The number of aromatic nitrogens is 2. The lowest BCUT2D eigenvalue weighted by Crippen LogP contribution is -2.30. The summed E-state index contributed by atoms with van der Waals surface area (Å²) >= 11 is 1.66. The Bertz CT molecular complexity index is 1100. The molecule has 0 radical (unpaired) electrons. The van der Waals surface area contributed by atoms with Gasteiger partial charge in [0.2, 0.25) is 0 Å². The number of benzene rings is 1. The van der Waals surface area contributed by atoms with Crippen molar-refractivity contribution in [2.45, 2.75) is 20.1 Å². The van der Waals surface area contributed by atoms with Gasteiger partial charge in [0.15, 0.2) is 11.5 Å². The third-order valence-corrected chi connectivity index (χ3v) is 5.65. The van der Waals surface area contributed by atoms with Gasteiger partial charge in [-0.3, -0.25) is 4.79 Å². The zero-order valence-electron chi connectivity index (χ0n) is 16.9. The fraction of sp³-hybridized carbons (Fsp3) is 0.217. The maximum Gasteiger partial charge on any atom is 0.274 e. The van der Waals surface area contributed by atoms with Crippen LogP contribution in [0.1, 0.15) is 27.9 Å². The molecule has 7 heteroatoms. The second-order valence-corrected chi connectivity index (χ2v) is 7.80. The number of hydrogen-bond acceptors (Lipinski definition) is 5. The van der Waals surface area contributed by atoms with E-state index in [9.17, 15) is 4.79 Å². The maximum atomic E-state index is 13.0. The zero-order valence-corrected chi connectivity index (χ0v) is 17.8. The molecule has 0 saturated heterocycles. The number of nitrogens with zero attached hydrogens (tertiary/aromatic N) is 3. The molecule has 0 saturated carbocycles. The van der Waals surface area contributed by atoms with Crippen LogP contribution in [0.3, 0.4) is 0 Å². The van der Waals surface area contributed by atoms with Crippen LogP contribution in [-0.4, -0.2) is 33.8 Å². The monoisotopic (exact) mass is 421 g/mol. The smallest absolute Gasteiger partial charge is 0.274 e. The van der Waals surface area contributed by atoms with Gasteiger partial charge in [0.25, 0.3) is 5.91 Å². The Kier molecular flexibility index (Phi) is 5.99. The highest BCUT2D eigenvalue weighted by atomic mass is 32.1. The summed E-state index contributed by atoms with van der Waals surface area (Å²) in [5.74, 6) is 1.24. The molecule has 0 bridgehead atoms. The van der Waals surface area contributed by atoms with E-state index >= 15 is 0 Å². The Morgan fingerprint density at radius 1 is 1.17 bits per heavy atom. The summed E-state index contributed by atoms with van der Waals surface area (Å²) in [4.78, 5) is 20.4. The highest BCUT2D eigenvalue weighted by molar-refractivity contribution is 7.09. The van der Waals surface area contributed by atoms with Crippen molar-refractivity contribution in [1.82, 2.24) is 14.3 Å². The van der Waals surface area contributed by atoms with Gasteiger partial charge in [-0.25, -0.2) is 4.98 Å². The van der Waals surface area contributed by atoms with Crippen LogP contribution < -0.4 is 9.47 Å². The SMILES string of the molecule is CCN(Cc1ccc(OCc2cccs2)c(OC)c1)C(=O)c1cn2ccccc2n1. The van der Waals surface area contributed by atoms with E-state index in [1.54, 1.807) is 29.5 Å². The van der Waals surface area contributed by atoms with Gasteiger partial charge in [-0.1, -0.05) is 18.2 Å². The summed E-state index contributed by atoms with van der Waals surface area (Å²) in [6, 6.07) is 15.5. The van der Waals surface area contributed by atoms with E-state index < -0.39 is 0 Å². The van der Waals surface area contributed by atoms with Gasteiger partial charge < -0.3 is 18.8 Å². The number of hydrogen-bond donors (Lipinski definition) is 0. The number of methoxy groups -OCH3 is 1. The second-order valence-electron chi connectivity index (χ2n) is 6.76. The van der Waals surface area contributed by atoms with E-state index in [-0.39, 0.29) is 5.91 Å². The van der Waals surface area contributed by atoms with Crippen LogP contribution in [0.15, 0.2) is 66.3 Å². The lowest BCUT2D eigenvalue weighted by molar-refractivity contribution is 0.0747. The second kappa shape index (κ2) is 9.00. The van der Waals surface area contributed by atoms with Gasteiger partial charge in [0, 0.05) is 30.4 Å². The van der Waals surface area contributed by atoms with Crippen molar-refractivity contribution < 1.29 is 14.3 Å². The zero-order chi connectivity index (χ0) is 20.9. The summed E-state index contributed by atoms with van der Waals surface area (Å²) in [6.45, 7) is 3.50. The number of carbonyl (C=O) groups excluding carboxylic acids is 1. The van der Waals surface area contributed by atoms with Gasteiger partial charge in [-0.05, 0) is 48.2 Å². The molecule has 4 aromatic rings. The molecule has 0 fully saturated rings. The molecule has 30 heavy (non-hydrogen) atoms. The van der Waals surface area contributed by atoms with Crippen molar-refractivity contribution in [2.24, 2.45) is 0 Å². The van der Waals surface area contributed by atoms with Crippen LogP contribution in [0.25, 0.3) is 5.65 Å². The fourth-order valence-corrected chi connectivity index (χ4v) is 3.84. The van der Waals surface area contributed by atoms with E-state index in [2.05, 4.69) is 4.98 Å². The van der Waals surface area contributed by atoms with Crippen LogP contribution in [0.4, 0.5) is 0 Å². The molecule has 3 aromatic heterocycles. The normalized spacial score (nSPS) is 10.9. The molecular formula is C23H23N3O3S. The minimum absolute atomic E-state index is 0.0989. The quantitative estimate of drug-likeness (QED) is 0.416. The van der Waals surface area contributed by atoms with Gasteiger partial charge in [0.1, 0.15) is 17.9 Å². The van der Waals surface area contributed by atoms with Crippen LogP contribution in [0.5, 0.6) is 11.5 Å². The third-order valence-electron chi connectivity index (χ3n) is 4.80. The van der Waals surface area contributed by atoms with E-state index in [0.29, 0.717) is 36.9 Å². The molecule has 0 atom stereocenters. The molecule has 0 aliphatic heterocycles. The molecule has 0 N–H and O–H groups in total. The minimum Gasteiger partial charge on any atom is -0.493 e. The Balaban J connectivity index is 1.49. The standard InChI is InChI=1S/C23H23N3O3S/c1-3-25(23(27)19-15-26-11-5-4-8-22(26)24-19)14-17-9-10-20(21(13-17)28-2)29-16-18-7-6-12-30-18/h4-13,15H,3,14,16H2,1-2H3. The van der Waals surface area contributed by atoms with Gasteiger partial charge in [-0.15, -0.1) is 11.3 Å². The fourth-order valence-electron chi connectivity index (χ4n) is 3.22. The minimum atomic E-state index is -0.0989. The van der Waals surface area contributed by atoms with Crippen LogP contribution >= 0.6 is 11.3 Å². The Morgan fingerprint density at radius 3 is 2.80 bits per heavy atom. The predicted molar refractivity (Wildman–Crippen MR) is 117 cm³/mol. The van der Waals surface area contributed by atoms with Crippen molar-refractivity contribution in [3.63, 3.8) is 0 Å². The first-order valence-corrected chi connectivity index (χ1v) is 10.6. The van der Waals surface area contributed by atoms with E-state index in [1.165, 1.54) is 0 Å². The summed E-state index contributed by atoms with van der Waals surface area (Å²) in [5, 5.41) is 2.03. The number of ether oxygens (including phenoxy) is 2. The lowest BCUT2D eigenvalue weighted by atomic mass is 10.1. The van der Waals surface area contributed by atoms with Gasteiger partial charge in [0.05, 0.1) is 7.11 Å². The molecule has 0 aliphatic carbocycles. The summed E-state index contributed by atoms with van der Waals surface area (Å²) in [5.41, 5.74) is 2.16. The first kappa shape index (κ1) is 20.0. The average Bonchev–Trinajstić information content (AvgIpc) is 3.45. The van der Waals surface area contributed by atoms with Crippen LogP contribution in [0.2, 0.25) is 0 Å². The molecule has 3 heterocycles. The molecule has 6 nitrogen and oxygen atoms in total. The largest absolute Gasteiger partial charge is 0.493 e. The molecule has 154 valence electrons. The van der Waals surface area contributed by atoms with Crippen molar-refractivity contribution in [3.05, 3.63) is 82.4 Å². The highest BCUT2D eigenvalue weighted by Gasteiger charge is 2.18. The summed E-state index contributed by atoms with van der Waals surface area (Å²) in [7, 11) is 1.62. The van der Waals surface area contributed by atoms with Crippen LogP contribution in [-0.2, 0) is 13.2 Å². The summed E-state index contributed by atoms with van der Waals surface area (Å²) in [6.07, 6.45) is 3.65. The molecule has 4 rings (SSSR count). The van der Waals surface area contributed by atoms with E-state index in [4.69, 9.17) is 9.47 Å². The number of imidazole rings is 1. The Labute approximate surface area is 179 Å². The van der Waals surface area contributed by atoms with Crippen molar-refractivity contribution in [2.75, 3.05) is 13.7 Å². The first-order chi connectivity index (χ1) is 14.7. The predicted octanol–water partition coefficient (Wildman–Crippen LogP) is 4.65. The lowest BCUT2D eigenvalue weighted by Gasteiger charge is -2.20. The average molecular weight is 422 g/mol. The topological polar surface area (TPSA) is 56.1 Å². The number of pyridine rings is 1. The Hall–Kier alpha value is -3.32. The summed E-state index contributed by atoms with van der Waals surface area (Å²) < 4.78 is 13.3. The van der Waals surface area contributed by atoms with Crippen molar-refractivity contribution >= 4 is 22.9 Å². The number of rotatable bonds is 8. The van der Waals surface area contributed by atoms with Crippen molar-refractivity contribution in [1.29, 1.82) is 0 Å². The first-order valence-electron chi connectivity index (χ1n) is 9.73. The molecule has 0 spiro atoms. The van der Waals surface area contributed by atoms with Crippen molar-refractivity contribution in [3.8, 4) is 11.5 Å². The Morgan fingerprint density at radius 2 is 2.07 bits per heavy atom. The number of carbonyl (C=O) groups is 1. The molecule has 1 amide bonds. The van der Waals surface area contributed by atoms with Gasteiger partial charge >= 0.3 is 0 Å². The molecule has 0 aliphatic rings. The number of fused-ring (bicyclic) bond motifs is 1. The number of amides is 1. The van der Waals surface area contributed by atoms with Crippen LogP contribution in [0, 0.1) is 0 Å². The van der Waals surface area contributed by atoms with E-state index in [1.807, 2.05) is 71.4 Å². The van der Waals surface area contributed by atoms with Gasteiger partial charge in [-0.2, -0.15) is 0 Å². The molecule has 1 aromatic carbocycles. The highest BCUT2D eigenvalue weighted by Crippen LogP contribution is 2.30. The number of thiophene rings is 1. The molecule has 0 unspecified atom stereocenters. The third kappa shape index (κ3) is 4.31.